The Labute approximate surface area is 111 Å². The molecule has 2 rings (SSSR count). The van der Waals surface area contributed by atoms with Gasteiger partial charge in [-0.25, -0.2) is 0 Å². The molecule has 1 saturated heterocycles. The highest BCUT2D eigenvalue weighted by molar-refractivity contribution is 5.77. The van der Waals surface area contributed by atoms with Crippen LogP contribution in [-0.2, 0) is 4.79 Å². The van der Waals surface area contributed by atoms with Crippen LogP contribution in [0.4, 0.5) is 0 Å². The lowest BCUT2D eigenvalue weighted by molar-refractivity contribution is -0.137. The maximum Gasteiger partial charge on any atom is 0.223 e. The van der Waals surface area contributed by atoms with Crippen molar-refractivity contribution in [3.8, 4) is 0 Å². The predicted molar refractivity (Wildman–Crippen MR) is 74.2 cm³/mol. The zero-order valence-corrected chi connectivity index (χ0v) is 11.8. The van der Waals surface area contributed by atoms with Crippen LogP contribution >= 0.6 is 0 Å². The van der Waals surface area contributed by atoms with Gasteiger partial charge in [0, 0.05) is 19.0 Å². The second kappa shape index (κ2) is 6.05. The Morgan fingerprint density at radius 1 is 1.22 bits per heavy atom. The van der Waals surface area contributed by atoms with Gasteiger partial charge in [-0.3, -0.25) is 4.79 Å². The lowest BCUT2D eigenvalue weighted by Crippen LogP contribution is -2.46. The third-order valence-electron chi connectivity index (χ3n) is 5.00. The van der Waals surface area contributed by atoms with Gasteiger partial charge in [0.25, 0.3) is 0 Å². The van der Waals surface area contributed by atoms with Crippen molar-refractivity contribution in [3.05, 3.63) is 0 Å². The molecule has 1 saturated carbocycles. The van der Waals surface area contributed by atoms with E-state index in [4.69, 9.17) is 5.73 Å². The summed E-state index contributed by atoms with van der Waals surface area (Å²) in [5.41, 5.74) is 6.10. The van der Waals surface area contributed by atoms with Gasteiger partial charge in [-0.05, 0) is 51.0 Å². The van der Waals surface area contributed by atoms with E-state index in [-0.39, 0.29) is 5.41 Å². The molecule has 0 aromatic heterocycles. The molecule has 0 bridgehead atoms. The Kier molecular flexibility index (Phi) is 4.66. The molecule has 0 aromatic rings. The van der Waals surface area contributed by atoms with E-state index in [1.54, 1.807) is 0 Å². The van der Waals surface area contributed by atoms with Crippen molar-refractivity contribution in [3.63, 3.8) is 0 Å². The number of carbonyl (C=O) groups is 1. The SMILES string of the molecule is CC1CCCCN1C(=O)CC1(CN)CCCCC1. The van der Waals surface area contributed by atoms with Crippen LogP contribution in [0.15, 0.2) is 0 Å². The van der Waals surface area contributed by atoms with Gasteiger partial charge in [-0.15, -0.1) is 0 Å². The number of amides is 1. The summed E-state index contributed by atoms with van der Waals surface area (Å²) in [6, 6.07) is 0.435. The van der Waals surface area contributed by atoms with Gasteiger partial charge in [0.2, 0.25) is 5.91 Å². The first-order chi connectivity index (χ1) is 8.67. The van der Waals surface area contributed by atoms with Crippen LogP contribution in [0, 0.1) is 5.41 Å². The van der Waals surface area contributed by atoms with Crippen molar-refractivity contribution in [1.29, 1.82) is 0 Å². The number of likely N-dealkylation sites (tertiary alicyclic amines) is 1. The molecule has 3 heteroatoms. The normalized spacial score (nSPS) is 28.1. The third kappa shape index (κ3) is 3.05. The van der Waals surface area contributed by atoms with Gasteiger partial charge in [0.05, 0.1) is 0 Å². The van der Waals surface area contributed by atoms with Crippen molar-refractivity contribution >= 4 is 5.91 Å². The summed E-state index contributed by atoms with van der Waals surface area (Å²) in [6.07, 6.45) is 10.4. The quantitative estimate of drug-likeness (QED) is 0.839. The minimum absolute atomic E-state index is 0.118. The van der Waals surface area contributed by atoms with Gasteiger partial charge < -0.3 is 10.6 Å². The zero-order valence-electron chi connectivity index (χ0n) is 11.8. The second-order valence-electron chi connectivity index (χ2n) is 6.37. The molecule has 3 nitrogen and oxygen atoms in total. The number of nitrogens with zero attached hydrogens (tertiary/aromatic N) is 1. The first kappa shape index (κ1) is 13.9. The molecule has 1 atom stereocenters. The minimum Gasteiger partial charge on any atom is -0.340 e. The Morgan fingerprint density at radius 2 is 1.94 bits per heavy atom. The van der Waals surface area contributed by atoms with Gasteiger partial charge in [0.1, 0.15) is 0 Å². The minimum atomic E-state index is 0.118. The zero-order chi connectivity index (χ0) is 13.0. The number of piperidine rings is 1. The van der Waals surface area contributed by atoms with E-state index in [0.29, 0.717) is 24.9 Å². The maximum atomic E-state index is 12.5. The van der Waals surface area contributed by atoms with Crippen LogP contribution in [0.3, 0.4) is 0 Å². The monoisotopic (exact) mass is 252 g/mol. The van der Waals surface area contributed by atoms with Gasteiger partial charge >= 0.3 is 0 Å². The molecule has 0 radical (unpaired) electrons. The van der Waals surface area contributed by atoms with Gasteiger partial charge in [0.15, 0.2) is 0 Å². The van der Waals surface area contributed by atoms with Crippen molar-refractivity contribution in [2.75, 3.05) is 13.1 Å². The van der Waals surface area contributed by atoms with Crippen molar-refractivity contribution in [2.45, 2.75) is 70.8 Å². The fraction of sp³-hybridized carbons (Fsp3) is 0.933. The molecular formula is C15H28N2O. The molecule has 0 spiro atoms. The molecule has 1 aliphatic carbocycles. The maximum absolute atomic E-state index is 12.5. The third-order valence-corrected chi connectivity index (χ3v) is 5.00. The summed E-state index contributed by atoms with van der Waals surface area (Å²) in [6.45, 7) is 3.83. The Hall–Kier alpha value is -0.570. The molecule has 1 amide bonds. The Bertz CT molecular complexity index is 284. The topological polar surface area (TPSA) is 46.3 Å². The highest BCUT2D eigenvalue weighted by Gasteiger charge is 2.35. The van der Waals surface area contributed by atoms with Crippen LogP contribution in [0.1, 0.15) is 64.7 Å². The van der Waals surface area contributed by atoms with Crippen molar-refractivity contribution in [1.82, 2.24) is 4.90 Å². The highest BCUT2D eigenvalue weighted by Crippen LogP contribution is 2.39. The molecule has 1 heterocycles. The molecule has 18 heavy (non-hydrogen) atoms. The Balaban J connectivity index is 1.95. The summed E-state index contributed by atoms with van der Waals surface area (Å²) in [5, 5.41) is 0. The standard InChI is InChI=1S/C15H28N2O/c1-13-7-3-6-10-17(13)14(18)11-15(12-16)8-4-2-5-9-15/h13H,2-12,16H2,1H3. The molecule has 2 fully saturated rings. The van der Waals surface area contributed by atoms with Gasteiger partial charge in [-0.1, -0.05) is 19.3 Å². The number of rotatable bonds is 3. The summed E-state index contributed by atoms with van der Waals surface area (Å²) in [4.78, 5) is 14.6. The number of nitrogens with two attached hydrogens (primary N) is 1. The van der Waals surface area contributed by atoms with Crippen LogP contribution < -0.4 is 5.73 Å². The van der Waals surface area contributed by atoms with Crippen molar-refractivity contribution in [2.24, 2.45) is 11.1 Å². The van der Waals surface area contributed by atoms with E-state index >= 15 is 0 Å². The van der Waals surface area contributed by atoms with E-state index in [9.17, 15) is 4.79 Å². The number of hydrogen-bond donors (Lipinski definition) is 1. The smallest absolute Gasteiger partial charge is 0.223 e. The summed E-state index contributed by atoms with van der Waals surface area (Å²) >= 11 is 0. The van der Waals surface area contributed by atoms with Gasteiger partial charge in [-0.2, -0.15) is 0 Å². The Morgan fingerprint density at radius 3 is 2.56 bits per heavy atom. The molecule has 1 unspecified atom stereocenters. The van der Waals surface area contributed by atoms with E-state index in [1.807, 2.05) is 0 Å². The van der Waals surface area contributed by atoms with E-state index < -0.39 is 0 Å². The highest BCUT2D eigenvalue weighted by atomic mass is 16.2. The largest absolute Gasteiger partial charge is 0.340 e. The van der Waals surface area contributed by atoms with E-state index in [1.165, 1.54) is 38.5 Å². The average molecular weight is 252 g/mol. The lowest BCUT2D eigenvalue weighted by Gasteiger charge is -2.40. The van der Waals surface area contributed by atoms with Crippen LogP contribution in [0.25, 0.3) is 0 Å². The molecule has 104 valence electrons. The van der Waals surface area contributed by atoms with Crippen LogP contribution in [-0.4, -0.2) is 29.9 Å². The fourth-order valence-corrected chi connectivity index (χ4v) is 3.65. The molecule has 0 aromatic carbocycles. The second-order valence-corrected chi connectivity index (χ2v) is 6.37. The first-order valence-corrected chi connectivity index (χ1v) is 7.66. The van der Waals surface area contributed by atoms with Crippen LogP contribution in [0.5, 0.6) is 0 Å². The average Bonchev–Trinajstić information content (AvgIpc) is 2.40. The molecule has 2 aliphatic rings. The fourth-order valence-electron chi connectivity index (χ4n) is 3.65. The molecule has 2 N–H and O–H groups in total. The summed E-state index contributed by atoms with van der Waals surface area (Å²) < 4.78 is 0. The first-order valence-electron chi connectivity index (χ1n) is 7.66. The molecular weight excluding hydrogens is 224 g/mol. The summed E-state index contributed by atoms with van der Waals surface area (Å²) in [5.74, 6) is 0.356. The number of hydrogen-bond acceptors (Lipinski definition) is 2. The lowest BCUT2D eigenvalue weighted by atomic mass is 9.71. The van der Waals surface area contributed by atoms with E-state index in [2.05, 4.69) is 11.8 Å². The van der Waals surface area contributed by atoms with Crippen molar-refractivity contribution < 1.29 is 4.79 Å². The number of carbonyl (C=O) groups excluding carboxylic acids is 1. The molecule has 1 aliphatic heterocycles. The van der Waals surface area contributed by atoms with Crippen LogP contribution in [0.2, 0.25) is 0 Å². The predicted octanol–water partition coefficient (Wildman–Crippen LogP) is 2.69. The van der Waals surface area contributed by atoms with E-state index in [0.717, 1.165) is 19.4 Å². The summed E-state index contributed by atoms with van der Waals surface area (Å²) in [7, 11) is 0.